The van der Waals surface area contributed by atoms with Crippen molar-refractivity contribution in [2.75, 3.05) is 19.6 Å². The molecule has 0 radical (unpaired) electrons. The van der Waals surface area contributed by atoms with Crippen LogP contribution in [-0.4, -0.2) is 41.2 Å². The Labute approximate surface area is 169 Å². The zero-order valence-corrected chi connectivity index (χ0v) is 16.4. The lowest BCUT2D eigenvalue weighted by Crippen LogP contribution is -2.40. The van der Waals surface area contributed by atoms with Crippen LogP contribution in [0, 0.1) is 5.82 Å². The van der Waals surface area contributed by atoms with E-state index in [2.05, 4.69) is 10.0 Å². The Balaban J connectivity index is 1.63. The third-order valence-corrected chi connectivity index (χ3v) is 5.72. The van der Waals surface area contributed by atoms with E-state index in [1.165, 1.54) is 23.6 Å². The lowest BCUT2D eigenvalue weighted by Gasteiger charge is -2.29. The Morgan fingerprint density at radius 2 is 1.89 bits per heavy atom. The number of hydrogen-bond donors (Lipinski definition) is 0. The van der Waals surface area contributed by atoms with Crippen LogP contribution < -0.4 is 0 Å². The maximum atomic E-state index is 13.8. The largest absolute Gasteiger partial charge is 0.294 e. The molecule has 28 heavy (non-hydrogen) atoms. The fourth-order valence-corrected chi connectivity index (χ4v) is 4.20. The van der Waals surface area contributed by atoms with Gasteiger partial charge in [-0.25, -0.2) is 9.40 Å². The SMILES string of the molecule is O=C(CN1CCCCC1)N1N=C(c2ccccc2Cl)C[C@H]1c1cccc(F)c1. The number of amides is 1. The Morgan fingerprint density at radius 3 is 2.64 bits per heavy atom. The maximum absolute atomic E-state index is 13.8. The molecule has 0 saturated carbocycles. The molecule has 1 atom stereocenters. The number of carbonyl (C=O) groups excluding carboxylic acids is 1. The van der Waals surface area contributed by atoms with Gasteiger partial charge in [-0.2, -0.15) is 5.10 Å². The molecule has 6 heteroatoms. The van der Waals surface area contributed by atoms with Crippen LogP contribution in [0.3, 0.4) is 0 Å². The van der Waals surface area contributed by atoms with Crippen LogP contribution in [0.5, 0.6) is 0 Å². The van der Waals surface area contributed by atoms with Gasteiger partial charge >= 0.3 is 0 Å². The van der Waals surface area contributed by atoms with Crippen LogP contribution in [0.15, 0.2) is 53.6 Å². The summed E-state index contributed by atoms with van der Waals surface area (Å²) in [5.41, 5.74) is 2.32. The van der Waals surface area contributed by atoms with Crippen LogP contribution in [-0.2, 0) is 4.79 Å². The highest BCUT2D eigenvalue weighted by Crippen LogP contribution is 2.34. The quantitative estimate of drug-likeness (QED) is 0.750. The summed E-state index contributed by atoms with van der Waals surface area (Å²) in [6, 6.07) is 13.6. The van der Waals surface area contributed by atoms with Gasteiger partial charge in [0.2, 0.25) is 0 Å². The Hall–Kier alpha value is -2.24. The van der Waals surface area contributed by atoms with Gasteiger partial charge in [-0.05, 0) is 49.7 Å². The second kappa shape index (κ2) is 8.41. The molecule has 1 amide bonds. The highest BCUT2D eigenvalue weighted by molar-refractivity contribution is 6.34. The smallest absolute Gasteiger partial charge is 0.257 e. The minimum atomic E-state index is -0.320. The van der Waals surface area contributed by atoms with Gasteiger partial charge < -0.3 is 0 Å². The summed E-state index contributed by atoms with van der Waals surface area (Å²) in [5, 5.41) is 6.77. The van der Waals surface area contributed by atoms with Gasteiger partial charge in [-0.1, -0.05) is 48.4 Å². The van der Waals surface area contributed by atoms with Crippen molar-refractivity contribution in [3.05, 3.63) is 70.5 Å². The lowest BCUT2D eigenvalue weighted by molar-refractivity contribution is -0.134. The third-order valence-electron chi connectivity index (χ3n) is 5.39. The molecule has 2 aromatic rings. The standard InChI is InChI=1S/C22H23ClFN3O/c23-19-10-3-2-9-18(19)20-14-21(16-7-6-8-17(24)13-16)27(25-20)22(28)15-26-11-4-1-5-12-26/h2-3,6-10,13,21H,1,4-5,11-12,14-15H2/t21-/m0/s1. The molecular weight excluding hydrogens is 377 g/mol. The predicted octanol–water partition coefficient (Wildman–Crippen LogP) is 4.64. The molecule has 1 saturated heterocycles. The number of hydrazone groups is 1. The monoisotopic (exact) mass is 399 g/mol. The van der Waals surface area contributed by atoms with Crippen molar-refractivity contribution >= 4 is 23.2 Å². The zero-order chi connectivity index (χ0) is 19.5. The summed E-state index contributed by atoms with van der Waals surface area (Å²) in [6.07, 6.45) is 3.97. The summed E-state index contributed by atoms with van der Waals surface area (Å²) in [6.45, 7) is 2.21. The molecule has 2 heterocycles. The first kappa shape index (κ1) is 19.1. The number of hydrogen-bond acceptors (Lipinski definition) is 3. The predicted molar refractivity (Wildman–Crippen MR) is 109 cm³/mol. The molecule has 0 bridgehead atoms. The molecule has 1 fully saturated rings. The van der Waals surface area contributed by atoms with Crippen molar-refractivity contribution in [1.29, 1.82) is 0 Å². The number of rotatable bonds is 4. The van der Waals surface area contributed by atoms with E-state index in [0.29, 0.717) is 18.0 Å². The lowest BCUT2D eigenvalue weighted by atomic mass is 9.98. The molecule has 2 aliphatic heterocycles. The molecule has 2 aromatic carbocycles. The number of piperidine rings is 1. The van der Waals surface area contributed by atoms with Crippen LogP contribution in [0.1, 0.15) is 42.9 Å². The molecule has 0 unspecified atom stereocenters. The minimum Gasteiger partial charge on any atom is -0.294 e. The first-order valence-corrected chi connectivity index (χ1v) is 10.1. The van der Waals surface area contributed by atoms with Crippen molar-refractivity contribution in [1.82, 2.24) is 9.91 Å². The Bertz CT molecular complexity index is 895. The number of nitrogens with zero attached hydrogens (tertiary/aromatic N) is 3. The number of halogens is 2. The first-order chi connectivity index (χ1) is 13.6. The molecule has 0 aromatic heterocycles. The van der Waals surface area contributed by atoms with Gasteiger partial charge in [-0.15, -0.1) is 0 Å². The van der Waals surface area contributed by atoms with Crippen LogP contribution in [0.25, 0.3) is 0 Å². The van der Waals surface area contributed by atoms with Gasteiger partial charge in [0.15, 0.2) is 0 Å². The van der Waals surface area contributed by atoms with Crippen molar-refractivity contribution in [3.8, 4) is 0 Å². The zero-order valence-electron chi connectivity index (χ0n) is 15.7. The number of likely N-dealkylation sites (tertiary alicyclic amines) is 1. The summed E-state index contributed by atoms with van der Waals surface area (Å²) >= 11 is 6.35. The van der Waals surface area contributed by atoms with Gasteiger partial charge in [-0.3, -0.25) is 9.69 Å². The van der Waals surface area contributed by atoms with E-state index in [4.69, 9.17) is 11.6 Å². The van der Waals surface area contributed by atoms with Crippen molar-refractivity contribution in [2.45, 2.75) is 31.7 Å². The Kier molecular flexibility index (Phi) is 5.74. The highest BCUT2D eigenvalue weighted by atomic mass is 35.5. The van der Waals surface area contributed by atoms with E-state index in [9.17, 15) is 9.18 Å². The molecule has 2 aliphatic rings. The van der Waals surface area contributed by atoms with Crippen molar-refractivity contribution < 1.29 is 9.18 Å². The summed E-state index contributed by atoms with van der Waals surface area (Å²) in [7, 11) is 0. The van der Waals surface area contributed by atoms with Crippen molar-refractivity contribution in [3.63, 3.8) is 0 Å². The number of carbonyl (C=O) groups is 1. The van der Waals surface area contributed by atoms with E-state index in [-0.39, 0.29) is 17.8 Å². The molecular formula is C22H23ClFN3O. The summed E-state index contributed by atoms with van der Waals surface area (Å²) in [5.74, 6) is -0.370. The molecule has 146 valence electrons. The molecule has 4 nitrogen and oxygen atoms in total. The van der Waals surface area contributed by atoms with Crippen molar-refractivity contribution in [2.24, 2.45) is 5.10 Å². The molecule has 0 aliphatic carbocycles. The van der Waals surface area contributed by atoms with Gasteiger partial charge in [0.05, 0.1) is 18.3 Å². The molecule has 0 N–H and O–H groups in total. The summed E-state index contributed by atoms with van der Waals surface area (Å²) < 4.78 is 13.8. The fourth-order valence-electron chi connectivity index (χ4n) is 3.95. The Morgan fingerprint density at radius 1 is 1.11 bits per heavy atom. The molecule has 0 spiro atoms. The van der Waals surface area contributed by atoms with E-state index < -0.39 is 0 Å². The highest BCUT2D eigenvalue weighted by Gasteiger charge is 2.34. The third kappa shape index (κ3) is 4.10. The summed E-state index contributed by atoms with van der Waals surface area (Å²) in [4.78, 5) is 15.3. The number of benzene rings is 2. The first-order valence-electron chi connectivity index (χ1n) is 9.74. The average molecular weight is 400 g/mol. The maximum Gasteiger partial charge on any atom is 0.257 e. The second-order valence-electron chi connectivity index (χ2n) is 7.38. The van der Waals surface area contributed by atoms with Crippen LogP contribution in [0.4, 0.5) is 4.39 Å². The second-order valence-corrected chi connectivity index (χ2v) is 7.78. The minimum absolute atomic E-state index is 0.0572. The topological polar surface area (TPSA) is 35.9 Å². The van der Waals surface area contributed by atoms with Gasteiger partial charge in [0, 0.05) is 17.0 Å². The van der Waals surface area contributed by atoms with E-state index >= 15 is 0 Å². The molecule has 4 rings (SSSR count). The normalized spacial score (nSPS) is 20.3. The fraction of sp³-hybridized carbons (Fsp3) is 0.364. The average Bonchev–Trinajstić information content (AvgIpc) is 3.14. The van der Waals surface area contributed by atoms with Crippen LogP contribution in [0.2, 0.25) is 5.02 Å². The van der Waals surface area contributed by atoms with Gasteiger partial charge in [0.25, 0.3) is 5.91 Å². The van der Waals surface area contributed by atoms with E-state index in [1.54, 1.807) is 6.07 Å². The van der Waals surface area contributed by atoms with Crippen LogP contribution >= 0.6 is 11.6 Å². The van der Waals surface area contributed by atoms with E-state index in [0.717, 1.165) is 42.8 Å². The van der Waals surface area contributed by atoms with Gasteiger partial charge in [0.1, 0.15) is 5.82 Å². The van der Waals surface area contributed by atoms with E-state index in [1.807, 2.05) is 30.3 Å².